The highest BCUT2D eigenvalue weighted by atomic mass is 35.5. The molecule has 2 aromatic carbocycles. The van der Waals surface area contributed by atoms with Crippen molar-refractivity contribution in [3.8, 4) is 17.6 Å². The van der Waals surface area contributed by atoms with Crippen LogP contribution in [-0.4, -0.2) is 11.7 Å². The normalized spacial score (nSPS) is 9.58. The monoisotopic (exact) mass is 272 g/mol. The van der Waals surface area contributed by atoms with Gasteiger partial charge in [-0.3, -0.25) is 0 Å². The molecule has 0 saturated heterocycles. The van der Waals surface area contributed by atoms with Crippen molar-refractivity contribution in [3.63, 3.8) is 0 Å². The molecule has 0 heterocycles. The molecule has 0 aromatic heterocycles. The van der Waals surface area contributed by atoms with Gasteiger partial charge < -0.3 is 9.84 Å². The molecule has 0 atom stereocenters. The smallest absolute Gasteiger partial charge is 0.149 e. The summed E-state index contributed by atoms with van der Waals surface area (Å²) in [7, 11) is 0. The largest absolute Gasteiger partial charge is 0.481 e. The third-order valence-electron chi connectivity index (χ3n) is 2.50. The molecule has 0 saturated carbocycles. The molecule has 19 heavy (non-hydrogen) atoms. The molecule has 0 bridgehead atoms. The summed E-state index contributed by atoms with van der Waals surface area (Å²) < 4.78 is 5.51. The molecule has 0 radical (unpaired) electrons. The van der Waals surface area contributed by atoms with E-state index in [0.717, 1.165) is 5.56 Å². The minimum absolute atomic E-state index is 0.109. The fourth-order valence-electron chi connectivity index (χ4n) is 1.59. The quantitative estimate of drug-likeness (QED) is 0.869. The Morgan fingerprint density at radius 3 is 2.63 bits per heavy atom. The summed E-state index contributed by atoms with van der Waals surface area (Å²) in [5.41, 5.74) is 1.61. The number of aliphatic hydroxyl groups excluding tert-OH is 1. The lowest BCUT2D eigenvalue weighted by molar-refractivity contribution is 0.270. The van der Waals surface area contributed by atoms with Gasteiger partial charge in [-0.2, -0.15) is 0 Å². The minimum Gasteiger partial charge on any atom is -0.481 e. The molecule has 0 aliphatic heterocycles. The van der Waals surface area contributed by atoms with Crippen LogP contribution in [0, 0.1) is 11.8 Å². The Kier molecular flexibility index (Phi) is 4.85. The second kappa shape index (κ2) is 6.84. The van der Waals surface area contributed by atoms with E-state index in [1.807, 2.05) is 30.3 Å². The van der Waals surface area contributed by atoms with E-state index in [4.69, 9.17) is 16.3 Å². The van der Waals surface area contributed by atoms with E-state index in [2.05, 4.69) is 11.8 Å². The lowest BCUT2D eigenvalue weighted by Crippen LogP contribution is -1.98. The van der Waals surface area contributed by atoms with E-state index in [0.29, 0.717) is 16.3 Å². The van der Waals surface area contributed by atoms with Crippen LogP contribution in [-0.2, 0) is 6.61 Å². The van der Waals surface area contributed by atoms with Gasteiger partial charge in [0.15, 0.2) is 0 Å². The first kappa shape index (κ1) is 13.5. The molecule has 1 N–H and O–H groups in total. The fraction of sp³-hybridized carbons (Fsp3) is 0.125. The Hall–Kier alpha value is -1.95. The van der Waals surface area contributed by atoms with Crippen LogP contribution in [0.25, 0.3) is 0 Å². The van der Waals surface area contributed by atoms with Crippen molar-refractivity contribution in [2.24, 2.45) is 0 Å². The van der Waals surface area contributed by atoms with Gasteiger partial charge in [-0.25, -0.2) is 0 Å². The Morgan fingerprint density at radius 2 is 1.89 bits per heavy atom. The van der Waals surface area contributed by atoms with Gasteiger partial charge in [0.1, 0.15) is 12.4 Å². The van der Waals surface area contributed by atoms with Crippen LogP contribution in [0.5, 0.6) is 5.75 Å². The number of benzene rings is 2. The van der Waals surface area contributed by atoms with E-state index in [1.165, 1.54) is 0 Å². The van der Waals surface area contributed by atoms with Crippen LogP contribution >= 0.6 is 11.6 Å². The summed E-state index contributed by atoms with van der Waals surface area (Å²) in [6.07, 6.45) is 0. The van der Waals surface area contributed by atoms with Crippen molar-refractivity contribution in [2.45, 2.75) is 6.61 Å². The van der Waals surface area contributed by atoms with Crippen LogP contribution in [0.2, 0.25) is 5.02 Å². The van der Waals surface area contributed by atoms with E-state index in [1.54, 1.807) is 18.2 Å². The van der Waals surface area contributed by atoms with Crippen molar-refractivity contribution in [1.29, 1.82) is 0 Å². The van der Waals surface area contributed by atoms with Crippen LogP contribution in [0.1, 0.15) is 11.1 Å². The Labute approximate surface area is 117 Å². The van der Waals surface area contributed by atoms with Gasteiger partial charge >= 0.3 is 0 Å². The number of hydrogen-bond acceptors (Lipinski definition) is 2. The van der Waals surface area contributed by atoms with Gasteiger partial charge in [-0.05, 0) is 30.3 Å². The van der Waals surface area contributed by atoms with E-state index in [9.17, 15) is 5.11 Å². The molecule has 0 amide bonds. The first-order chi connectivity index (χ1) is 9.29. The highest BCUT2D eigenvalue weighted by molar-refractivity contribution is 6.30. The van der Waals surface area contributed by atoms with Gasteiger partial charge in [0.25, 0.3) is 0 Å². The van der Waals surface area contributed by atoms with Crippen LogP contribution in [0.4, 0.5) is 0 Å². The molecule has 2 aromatic rings. The summed E-state index contributed by atoms with van der Waals surface area (Å²) in [6.45, 7) is 0.158. The molecule has 2 nitrogen and oxygen atoms in total. The SMILES string of the molecule is OCc1cc(Cl)ccc1OCC#Cc1ccccc1. The summed E-state index contributed by atoms with van der Waals surface area (Å²) in [5.74, 6) is 6.54. The molecular formula is C16H13ClO2. The minimum atomic E-state index is -0.109. The summed E-state index contributed by atoms with van der Waals surface area (Å²) >= 11 is 5.84. The Balaban J connectivity index is 1.98. The van der Waals surface area contributed by atoms with E-state index in [-0.39, 0.29) is 13.2 Å². The van der Waals surface area contributed by atoms with E-state index < -0.39 is 0 Å². The summed E-state index contributed by atoms with van der Waals surface area (Å²) in [6, 6.07) is 14.8. The maximum absolute atomic E-state index is 9.20. The lowest BCUT2D eigenvalue weighted by Gasteiger charge is -2.07. The predicted octanol–water partition coefficient (Wildman–Crippen LogP) is 3.26. The molecular weight excluding hydrogens is 260 g/mol. The van der Waals surface area contributed by atoms with Crippen molar-refractivity contribution in [2.75, 3.05) is 6.61 Å². The Bertz CT molecular complexity index is 597. The van der Waals surface area contributed by atoms with Crippen LogP contribution < -0.4 is 4.74 Å². The van der Waals surface area contributed by atoms with Gasteiger partial charge in [-0.1, -0.05) is 41.6 Å². The number of hydrogen-bond donors (Lipinski definition) is 1. The molecule has 0 fully saturated rings. The second-order valence-corrected chi connectivity index (χ2v) is 4.30. The predicted molar refractivity (Wildman–Crippen MR) is 76.2 cm³/mol. The standard InChI is InChI=1S/C16H13ClO2/c17-15-8-9-16(14(11-15)12-18)19-10-4-7-13-5-2-1-3-6-13/h1-3,5-6,8-9,11,18H,10,12H2. The molecule has 0 aliphatic carbocycles. The number of ether oxygens (including phenoxy) is 1. The zero-order valence-corrected chi connectivity index (χ0v) is 11.0. The first-order valence-corrected chi connectivity index (χ1v) is 6.23. The van der Waals surface area contributed by atoms with Crippen molar-refractivity contribution < 1.29 is 9.84 Å². The van der Waals surface area contributed by atoms with Gasteiger partial charge in [-0.15, -0.1) is 0 Å². The molecule has 2 rings (SSSR count). The van der Waals surface area contributed by atoms with Crippen molar-refractivity contribution in [1.82, 2.24) is 0 Å². The van der Waals surface area contributed by atoms with Crippen LogP contribution in [0.3, 0.4) is 0 Å². The van der Waals surface area contributed by atoms with Gasteiger partial charge in [0, 0.05) is 16.1 Å². The third kappa shape index (κ3) is 4.03. The fourth-order valence-corrected chi connectivity index (χ4v) is 1.78. The molecule has 0 aliphatic rings. The van der Waals surface area contributed by atoms with Crippen molar-refractivity contribution in [3.05, 3.63) is 64.7 Å². The highest BCUT2D eigenvalue weighted by Gasteiger charge is 2.02. The number of halogens is 1. The van der Waals surface area contributed by atoms with Gasteiger partial charge in [0.05, 0.1) is 6.61 Å². The van der Waals surface area contributed by atoms with E-state index >= 15 is 0 Å². The van der Waals surface area contributed by atoms with Crippen molar-refractivity contribution >= 4 is 11.6 Å². The molecule has 96 valence electrons. The third-order valence-corrected chi connectivity index (χ3v) is 2.73. The average Bonchev–Trinajstić information content (AvgIpc) is 2.46. The summed E-state index contributed by atoms with van der Waals surface area (Å²) in [5, 5.41) is 9.78. The van der Waals surface area contributed by atoms with Gasteiger partial charge in [0.2, 0.25) is 0 Å². The summed E-state index contributed by atoms with van der Waals surface area (Å²) in [4.78, 5) is 0. The first-order valence-electron chi connectivity index (χ1n) is 5.85. The molecule has 0 spiro atoms. The maximum atomic E-state index is 9.20. The topological polar surface area (TPSA) is 29.5 Å². The molecule has 3 heteroatoms. The zero-order valence-electron chi connectivity index (χ0n) is 10.3. The second-order valence-electron chi connectivity index (χ2n) is 3.87. The molecule has 0 unspecified atom stereocenters. The zero-order chi connectivity index (χ0) is 13.5. The number of rotatable bonds is 3. The average molecular weight is 273 g/mol. The highest BCUT2D eigenvalue weighted by Crippen LogP contribution is 2.22. The van der Waals surface area contributed by atoms with Crippen LogP contribution in [0.15, 0.2) is 48.5 Å². The number of aliphatic hydroxyl groups is 1. The maximum Gasteiger partial charge on any atom is 0.149 e. The lowest BCUT2D eigenvalue weighted by atomic mass is 10.2. The Morgan fingerprint density at radius 1 is 1.11 bits per heavy atom.